The average Bonchev–Trinajstić information content (AvgIpc) is 2.23. The molecular formula is C15H27NO3. The van der Waals surface area contributed by atoms with Gasteiger partial charge in [-0.25, -0.2) is 0 Å². The fourth-order valence-electron chi connectivity index (χ4n) is 3.08. The van der Waals surface area contributed by atoms with E-state index in [1.165, 1.54) is 0 Å². The van der Waals surface area contributed by atoms with Gasteiger partial charge in [-0.3, -0.25) is 9.59 Å². The molecule has 1 aliphatic carbocycles. The lowest BCUT2D eigenvalue weighted by atomic mass is 9.61. The summed E-state index contributed by atoms with van der Waals surface area (Å²) in [4.78, 5) is 23.2. The van der Waals surface area contributed by atoms with Crippen molar-refractivity contribution in [2.75, 3.05) is 0 Å². The second-order valence-corrected chi connectivity index (χ2v) is 6.85. The van der Waals surface area contributed by atoms with E-state index in [-0.39, 0.29) is 29.2 Å². The van der Waals surface area contributed by atoms with E-state index in [1.54, 1.807) is 0 Å². The van der Waals surface area contributed by atoms with Gasteiger partial charge in [-0.1, -0.05) is 34.6 Å². The molecule has 1 fully saturated rings. The van der Waals surface area contributed by atoms with Gasteiger partial charge < -0.3 is 10.4 Å². The molecule has 0 spiro atoms. The molecule has 0 aromatic rings. The van der Waals surface area contributed by atoms with Gasteiger partial charge in [0.15, 0.2) is 0 Å². The highest BCUT2D eigenvalue weighted by atomic mass is 16.4. The van der Waals surface area contributed by atoms with Crippen LogP contribution >= 0.6 is 0 Å². The molecule has 0 radical (unpaired) electrons. The fraction of sp³-hybridized carbons (Fsp3) is 0.867. The van der Waals surface area contributed by atoms with Crippen LogP contribution in [0.4, 0.5) is 0 Å². The summed E-state index contributed by atoms with van der Waals surface area (Å²) in [6.07, 6.45) is 1.93. The molecule has 4 nitrogen and oxygen atoms in total. The van der Waals surface area contributed by atoms with Gasteiger partial charge in [-0.15, -0.1) is 0 Å². The Balaban J connectivity index is 2.70. The first kappa shape index (κ1) is 16.0. The van der Waals surface area contributed by atoms with Gasteiger partial charge in [0.1, 0.15) is 0 Å². The molecule has 0 aromatic heterocycles. The van der Waals surface area contributed by atoms with Crippen LogP contribution < -0.4 is 5.32 Å². The maximum Gasteiger partial charge on any atom is 0.307 e. The molecule has 0 aliphatic heterocycles. The number of carboxylic acid groups (broad SMARTS) is 1. The highest BCUT2D eigenvalue weighted by Crippen LogP contribution is 2.45. The summed E-state index contributed by atoms with van der Waals surface area (Å²) in [7, 11) is 0. The minimum atomic E-state index is -0.719. The van der Waals surface area contributed by atoms with Crippen LogP contribution in [0.15, 0.2) is 0 Å². The Morgan fingerprint density at radius 1 is 1.32 bits per heavy atom. The van der Waals surface area contributed by atoms with Gasteiger partial charge in [-0.05, 0) is 30.1 Å². The van der Waals surface area contributed by atoms with Crippen molar-refractivity contribution in [3.05, 3.63) is 0 Å². The lowest BCUT2D eigenvalue weighted by Gasteiger charge is -2.46. The van der Waals surface area contributed by atoms with Crippen molar-refractivity contribution in [3.8, 4) is 0 Å². The lowest BCUT2D eigenvalue weighted by Crippen LogP contribution is -2.52. The van der Waals surface area contributed by atoms with Crippen LogP contribution in [0.5, 0.6) is 0 Å². The van der Waals surface area contributed by atoms with E-state index >= 15 is 0 Å². The molecule has 0 aromatic carbocycles. The van der Waals surface area contributed by atoms with Crippen LogP contribution in [-0.2, 0) is 9.59 Å². The third-order valence-electron chi connectivity index (χ3n) is 4.68. The molecule has 1 rings (SSSR count). The van der Waals surface area contributed by atoms with Crippen molar-refractivity contribution < 1.29 is 14.7 Å². The van der Waals surface area contributed by atoms with Gasteiger partial charge in [0.05, 0.1) is 5.92 Å². The van der Waals surface area contributed by atoms with E-state index in [2.05, 4.69) is 12.2 Å². The number of aliphatic carboxylic acids is 1. The SMILES string of the molecule is CC(C)CC(=O)NC1CCC(C(=O)O)C(C)(C)C1C. The summed E-state index contributed by atoms with van der Waals surface area (Å²) in [5.74, 6) is -0.446. The molecule has 1 aliphatic rings. The van der Waals surface area contributed by atoms with E-state index in [4.69, 9.17) is 0 Å². The molecule has 3 unspecified atom stereocenters. The Kier molecular flexibility index (Phi) is 4.99. The maximum atomic E-state index is 11.9. The minimum Gasteiger partial charge on any atom is -0.481 e. The fourth-order valence-corrected chi connectivity index (χ4v) is 3.08. The van der Waals surface area contributed by atoms with Crippen LogP contribution in [0.2, 0.25) is 0 Å². The summed E-state index contributed by atoms with van der Waals surface area (Å²) < 4.78 is 0. The largest absolute Gasteiger partial charge is 0.481 e. The number of carbonyl (C=O) groups is 2. The van der Waals surface area contributed by atoms with Gasteiger partial charge in [0, 0.05) is 12.5 Å². The number of amides is 1. The monoisotopic (exact) mass is 269 g/mol. The zero-order valence-corrected chi connectivity index (χ0v) is 12.7. The molecule has 3 atom stereocenters. The van der Waals surface area contributed by atoms with Crippen LogP contribution in [0.3, 0.4) is 0 Å². The first-order valence-electron chi connectivity index (χ1n) is 7.18. The smallest absolute Gasteiger partial charge is 0.307 e. The van der Waals surface area contributed by atoms with Crippen LogP contribution in [-0.4, -0.2) is 23.0 Å². The molecule has 4 heteroatoms. The third-order valence-corrected chi connectivity index (χ3v) is 4.68. The molecule has 1 saturated carbocycles. The lowest BCUT2D eigenvalue weighted by molar-refractivity contribution is -0.150. The maximum absolute atomic E-state index is 11.9. The Bertz CT molecular complexity index is 349. The zero-order chi connectivity index (χ0) is 14.8. The van der Waals surface area contributed by atoms with Gasteiger partial charge in [0.2, 0.25) is 5.91 Å². The van der Waals surface area contributed by atoms with Crippen molar-refractivity contribution in [2.45, 2.75) is 59.9 Å². The first-order valence-corrected chi connectivity index (χ1v) is 7.18. The molecule has 110 valence electrons. The van der Waals surface area contributed by atoms with E-state index in [9.17, 15) is 14.7 Å². The highest BCUT2D eigenvalue weighted by Gasteiger charge is 2.46. The van der Waals surface area contributed by atoms with Crippen molar-refractivity contribution in [1.29, 1.82) is 0 Å². The highest BCUT2D eigenvalue weighted by molar-refractivity contribution is 5.76. The summed E-state index contributed by atoms with van der Waals surface area (Å²) in [6.45, 7) is 10.1. The van der Waals surface area contributed by atoms with E-state index < -0.39 is 5.97 Å². The number of nitrogens with one attached hydrogen (secondary N) is 1. The quantitative estimate of drug-likeness (QED) is 0.824. The number of carboxylic acids is 1. The van der Waals surface area contributed by atoms with E-state index in [0.29, 0.717) is 18.8 Å². The zero-order valence-electron chi connectivity index (χ0n) is 12.7. The minimum absolute atomic E-state index is 0.0800. The van der Waals surface area contributed by atoms with Gasteiger partial charge >= 0.3 is 5.97 Å². The molecule has 0 heterocycles. The number of carbonyl (C=O) groups excluding carboxylic acids is 1. The Morgan fingerprint density at radius 2 is 1.89 bits per heavy atom. The molecule has 19 heavy (non-hydrogen) atoms. The summed E-state index contributed by atoms with van der Waals surface area (Å²) >= 11 is 0. The standard InChI is InChI=1S/C15H27NO3/c1-9(2)8-13(17)16-12-7-6-11(14(18)19)15(4,5)10(12)3/h9-12H,6-8H2,1-5H3,(H,16,17)(H,18,19). The Hall–Kier alpha value is -1.06. The van der Waals surface area contributed by atoms with E-state index in [1.807, 2.05) is 27.7 Å². The number of hydrogen-bond acceptors (Lipinski definition) is 2. The van der Waals surface area contributed by atoms with Gasteiger partial charge in [-0.2, -0.15) is 0 Å². The predicted octanol–water partition coefficient (Wildman–Crippen LogP) is 2.67. The van der Waals surface area contributed by atoms with Crippen LogP contribution in [0.1, 0.15) is 53.9 Å². The molecule has 0 bridgehead atoms. The Labute approximate surface area is 116 Å². The summed E-state index contributed by atoms with van der Waals surface area (Å²) in [5.41, 5.74) is -0.292. The molecule has 2 N–H and O–H groups in total. The van der Waals surface area contributed by atoms with Gasteiger partial charge in [0.25, 0.3) is 0 Å². The van der Waals surface area contributed by atoms with Crippen LogP contribution in [0, 0.1) is 23.2 Å². The van der Waals surface area contributed by atoms with Crippen molar-refractivity contribution >= 4 is 11.9 Å². The molecule has 1 amide bonds. The van der Waals surface area contributed by atoms with E-state index in [0.717, 1.165) is 6.42 Å². The average molecular weight is 269 g/mol. The van der Waals surface area contributed by atoms with Crippen LogP contribution in [0.25, 0.3) is 0 Å². The second kappa shape index (κ2) is 5.93. The summed E-state index contributed by atoms with van der Waals surface area (Å²) in [6, 6.07) is 0.0943. The molecule has 0 saturated heterocycles. The normalized spacial score (nSPS) is 30.1. The Morgan fingerprint density at radius 3 is 2.37 bits per heavy atom. The topological polar surface area (TPSA) is 66.4 Å². The number of rotatable bonds is 4. The predicted molar refractivity (Wildman–Crippen MR) is 74.7 cm³/mol. The van der Waals surface area contributed by atoms with Crippen molar-refractivity contribution in [1.82, 2.24) is 5.32 Å². The molecular weight excluding hydrogens is 242 g/mol. The third kappa shape index (κ3) is 3.71. The first-order chi connectivity index (χ1) is 8.66. The van der Waals surface area contributed by atoms with Crippen molar-refractivity contribution in [3.63, 3.8) is 0 Å². The summed E-state index contributed by atoms with van der Waals surface area (Å²) in [5, 5.41) is 12.4. The number of hydrogen-bond donors (Lipinski definition) is 2. The second-order valence-electron chi connectivity index (χ2n) is 6.85. The van der Waals surface area contributed by atoms with Crippen molar-refractivity contribution in [2.24, 2.45) is 23.2 Å².